The first-order chi connectivity index (χ1) is 23.6. The molecule has 4 aromatic rings. The molecule has 3 aliphatic heterocycles. The molecule has 1 unspecified atom stereocenters. The first kappa shape index (κ1) is 31.9. The van der Waals surface area contributed by atoms with Gasteiger partial charge in [-0.3, -0.25) is 19.5 Å². The fraction of sp³-hybridized carbons (Fsp3) is 0.500. The average Bonchev–Trinajstić information content (AvgIpc) is 3.60. The SMILES string of the molecule is CC(=O)N1CCC2(CC1)C(=O)N(C1CC(N3CCCC(C)C3)C1)c1cc(-c3cc4ncn(C(C)C)c4c(Nc4ccncc4F)n3)ccc12. The van der Waals surface area contributed by atoms with Gasteiger partial charge in [-0.25, -0.2) is 14.4 Å². The van der Waals surface area contributed by atoms with Gasteiger partial charge in [0.15, 0.2) is 11.6 Å². The van der Waals surface area contributed by atoms with Gasteiger partial charge in [0, 0.05) is 62.1 Å². The number of amides is 2. The van der Waals surface area contributed by atoms with Crippen LogP contribution in [0.25, 0.3) is 22.3 Å². The van der Waals surface area contributed by atoms with Crippen molar-refractivity contribution in [2.45, 2.75) is 89.8 Å². The van der Waals surface area contributed by atoms with Crippen LogP contribution in [0.2, 0.25) is 0 Å². The first-order valence-electron chi connectivity index (χ1n) is 17.8. The second-order valence-corrected chi connectivity index (χ2v) is 15.0. The Hall–Kier alpha value is -4.38. The Morgan fingerprint density at radius 1 is 1.08 bits per heavy atom. The van der Waals surface area contributed by atoms with Gasteiger partial charge in [0.2, 0.25) is 11.8 Å². The molecule has 1 N–H and O–H groups in total. The highest BCUT2D eigenvalue weighted by Crippen LogP contribution is 2.52. The topological polar surface area (TPSA) is 99.5 Å². The molecular formula is C38H45FN8O2. The molecule has 1 spiro atoms. The monoisotopic (exact) mass is 664 g/mol. The lowest BCUT2D eigenvalue weighted by Gasteiger charge is -2.49. The lowest BCUT2D eigenvalue weighted by molar-refractivity contribution is -0.134. The van der Waals surface area contributed by atoms with E-state index < -0.39 is 11.2 Å². The molecule has 256 valence electrons. The molecule has 2 amide bonds. The predicted molar refractivity (Wildman–Crippen MR) is 188 cm³/mol. The molecule has 10 nitrogen and oxygen atoms in total. The third kappa shape index (κ3) is 5.37. The van der Waals surface area contributed by atoms with E-state index in [9.17, 15) is 14.0 Å². The van der Waals surface area contributed by atoms with Crippen molar-refractivity contribution < 1.29 is 14.0 Å². The lowest BCUT2D eigenvalue weighted by atomic mass is 9.73. The number of halogens is 1. The Balaban J connectivity index is 1.19. The zero-order valence-corrected chi connectivity index (χ0v) is 28.8. The number of hydrogen-bond donors (Lipinski definition) is 1. The van der Waals surface area contributed by atoms with E-state index in [1.807, 2.05) is 15.5 Å². The number of nitrogens with one attached hydrogen (secondary N) is 1. The number of aromatic nitrogens is 4. The second kappa shape index (κ2) is 12.2. The summed E-state index contributed by atoms with van der Waals surface area (Å²) in [5, 5.41) is 3.22. The number of carbonyl (C=O) groups excluding carboxylic acids is 2. The summed E-state index contributed by atoms with van der Waals surface area (Å²) in [5.41, 5.74) is 4.75. The van der Waals surface area contributed by atoms with Gasteiger partial charge in [0.05, 0.1) is 34.8 Å². The minimum atomic E-state index is -0.635. The summed E-state index contributed by atoms with van der Waals surface area (Å²) in [7, 11) is 0. The fourth-order valence-corrected chi connectivity index (χ4v) is 8.72. The van der Waals surface area contributed by atoms with Crippen molar-refractivity contribution in [2.24, 2.45) is 5.92 Å². The van der Waals surface area contributed by atoms with Crippen LogP contribution in [0.4, 0.5) is 21.6 Å². The van der Waals surface area contributed by atoms with Gasteiger partial charge in [0.1, 0.15) is 5.52 Å². The molecule has 4 aliphatic rings. The summed E-state index contributed by atoms with van der Waals surface area (Å²) in [6.07, 6.45) is 10.2. The van der Waals surface area contributed by atoms with Crippen LogP contribution in [0.3, 0.4) is 0 Å². The molecule has 1 saturated carbocycles. The molecule has 1 aliphatic carbocycles. The number of fused-ring (bicyclic) bond motifs is 3. The number of imidazole rings is 1. The molecule has 3 aromatic heterocycles. The van der Waals surface area contributed by atoms with Crippen molar-refractivity contribution in [1.29, 1.82) is 0 Å². The van der Waals surface area contributed by atoms with Crippen LogP contribution in [0.5, 0.6) is 0 Å². The summed E-state index contributed by atoms with van der Waals surface area (Å²) in [4.78, 5) is 47.2. The van der Waals surface area contributed by atoms with Gasteiger partial charge < -0.3 is 19.7 Å². The summed E-state index contributed by atoms with van der Waals surface area (Å²) in [6, 6.07) is 10.6. The van der Waals surface area contributed by atoms with Gasteiger partial charge >= 0.3 is 0 Å². The second-order valence-electron chi connectivity index (χ2n) is 15.0. The Kier molecular flexibility index (Phi) is 7.93. The Morgan fingerprint density at radius 2 is 1.88 bits per heavy atom. The highest BCUT2D eigenvalue weighted by molar-refractivity contribution is 6.09. The van der Waals surface area contributed by atoms with Crippen molar-refractivity contribution in [1.82, 2.24) is 29.3 Å². The predicted octanol–water partition coefficient (Wildman–Crippen LogP) is 6.45. The number of rotatable bonds is 6. The van der Waals surface area contributed by atoms with E-state index in [0.29, 0.717) is 49.4 Å². The summed E-state index contributed by atoms with van der Waals surface area (Å²) < 4.78 is 16.8. The highest BCUT2D eigenvalue weighted by atomic mass is 19.1. The first-order valence-corrected chi connectivity index (χ1v) is 17.8. The third-order valence-electron chi connectivity index (χ3n) is 11.6. The summed E-state index contributed by atoms with van der Waals surface area (Å²) >= 11 is 0. The number of piperidine rings is 2. The molecule has 8 rings (SSSR count). The minimum Gasteiger partial charge on any atom is -0.343 e. The molecule has 11 heteroatoms. The van der Waals surface area contributed by atoms with E-state index in [1.54, 1.807) is 25.5 Å². The molecular weight excluding hydrogens is 619 g/mol. The van der Waals surface area contributed by atoms with Gasteiger partial charge in [-0.1, -0.05) is 19.1 Å². The number of anilines is 3. The van der Waals surface area contributed by atoms with Crippen molar-refractivity contribution in [3.8, 4) is 11.3 Å². The van der Waals surface area contributed by atoms with Crippen molar-refractivity contribution >= 4 is 40.0 Å². The largest absolute Gasteiger partial charge is 0.343 e. The maximum atomic E-state index is 14.8. The number of hydrogen-bond acceptors (Lipinski definition) is 7. The van der Waals surface area contributed by atoms with Crippen LogP contribution in [0.1, 0.15) is 77.8 Å². The van der Waals surface area contributed by atoms with Crippen LogP contribution >= 0.6 is 0 Å². The summed E-state index contributed by atoms with van der Waals surface area (Å²) in [5.74, 6) is 0.980. The lowest BCUT2D eigenvalue weighted by Crippen LogP contribution is -2.59. The maximum absolute atomic E-state index is 14.8. The number of pyridine rings is 2. The van der Waals surface area contributed by atoms with Crippen LogP contribution in [-0.4, -0.2) is 79.4 Å². The summed E-state index contributed by atoms with van der Waals surface area (Å²) in [6.45, 7) is 11.5. The van der Waals surface area contributed by atoms with Crippen LogP contribution < -0.4 is 10.2 Å². The number of nitrogens with zero attached hydrogens (tertiary/aromatic N) is 7. The quantitative estimate of drug-likeness (QED) is 0.253. The van der Waals surface area contributed by atoms with Crippen molar-refractivity contribution in [3.63, 3.8) is 0 Å². The third-order valence-corrected chi connectivity index (χ3v) is 11.6. The Labute approximate surface area is 286 Å². The average molecular weight is 665 g/mol. The molecule has 3 fully saturated rings. The van der Waals surface area contributed by atoms with Crippen LogP contribution in [0, 0.1) is 11.7 Å². The van der Waals surface area contributed by atoms with Crippen LogP contribution in [0.15, 0.2) is 49.1 Å². The van der Waals surface area contributed by atoms with E-state index in [2.05, 4.69) is 59.1 Å². The smallest absolute Gasteiger partial charge is 0.238 e. The standard InChI is InChI=1S/C38H45FN8O2/c1-23(2)46-22-41-33-19-32(43-36(35(33)46)42-31-9-12-40-20-30(31)39)26-7-8-29-34(16-26)47(28-17-27(18-28)45-13-5-6-24(3)21-45)37(49)38(29)10-14-44(15-11-38)25(4)48/h7-9,12,16,19-20,22-24,27-28H,5-6,10-11,13-15,17-18,21H2,1-4H3,(H,40,42,43). The van der Waals surface area contributed by atoms with E-state index in [1.165, 1.54) is 19.0 Å². The molecule has 49 heavy (non-hydrogen) atoms. The van der Waals surface area contributed by atoms with E-state index in [-0.39, 0.29) is 29.6 Å². The minimum absolute atomic E-state index is 0.0581. The maximum Gasteiger partial charge on any atom is 0.238 e. The van der Waals surface area contributed by atoms with E-state index >= 15 is 0 Å². The molecule has 6 heterocycles. The zero-order valence-electron chi connectivity index (χ0n) is 28.8. The van der Waals surface area contributed by atoms with Gasteiger partial charge in [-0.2, -0.15) is 0 Å². The molecule has 1 aromatic carbocycles. The molecule has 2 saturated heterocycles. The van der Waals surface area contributed by atoms with E-state index in [4.69, 9.17) is 9.97 Å². The Morgan fingerprint density at radius 3 is 2.59 bits per heavy atom. The van der Waals surface area contributed by atoms with Gasteiger partial charge in [-0.05, 0) is 88.6 Å². The number of likely N-dealkylation sites (tertiary alicyclic amines) is 2. The van der Waals surface area contributed by atoms with Crippen molar-refractivity contribution in [2.75, 3.05) is 36.4 Å². The van der Waals surface area contributed by atoms with Gasteiger partial charge in [0.25, 0.3) is 0 Å². The van der Waals surface area contributed by atoms with Crippen molar-refractivity contribution in [3.05, 3.63) is 60.4 Å². The Bertz CT molecular complexity index is 1930. The highest BCUT2D eigenvalue weighted by Gasteiger charge is 2.55. The fourth-order valence-electron chi connectivity index (χ4n) is 8.72. The molecule has 0 radical (unpaired) electrons. The molecule has 1 atom stereocenters. The number of benzene rings is 1. The normalized spacial score (nSPS) is 23.7. The molecule has 0 bridgehead atoms. The van der Waals surface area contributed by atoms with Crippen LogP contribution in [-0.2, 0) is 15.0 Å². The number of carbonyl (C=O) groups is 2. The van der Waals surface area contributed by atoms with Gasteiger partial charge in [-0.15, -0.1) is 0 Å². The zero-order chi connectivity index (χ0) is 34.0. The van der Waals surface area contributed by atoms with E-state index in [0.717, 1.165) is 53.8 Å².